The monoisotopic (exact) mass is 555 g/mol. The van der Waals surface area contributed by atoms with E-state index in [1.165, 1.54) is 95.5 Å². The van der Waals surface area contributed by atoms with Crippen molar-refractivity contribution < 1.29 is 9.78 Å². The van der Waals surface area contributed by atoms with Crippen molar-refractivity contribution in [3.63, 3.8) is 0 Å². The Kier molecular flexibility index (Phi) is 14.3. The summed E-state index contributed by atoms with van der Waals surface area (Å²) in [4.78, 5) is 33.9. The quantitative estimate of drug-likeness (QED) is 0.0497. The highest BCUT2D eigenvalue weighted by Crippen LogP contribution is 2.42. The summed E-state index contributed by atoms with van der Waals surface area (Å²) in [6.07, 6.45) is 24.9. The smallest absolute Gasteiger partial charge is 0.280 e. The van der Waals surface area contributed by atoms with Gasteiger partial charge in [-0.15, -0.1) is 0 Å². The second-order valence-electron chi connectivity index (χ2n) is 11.6. The Bertz CT molecular complexity index is 1090. The SMILES string of the molecule is C=C(CCCCCCCCCC[C@@H]1CC[C@H](n2cnc3c(=O)[nH]c(N)nc32)C1=C)OOCCCCCCCCC. The van der Waals surface area contributed by atoms with Crippen molar-refractivity contribution in [1.29, 1.82) is 0 Å². The van der Waals surface area contributed by atoms with Gasteiger partial charge in [0.05, 0.1) is 19.0 Å². The first-order valence-corrected chi connectivity index (χ1v) is 15.9. The van der Waals surface area contributed by atoms with E-state index in [2.05, 4.69) is 35.0 Å². The first kappa shape index (κ1) is 31.9. The molecule has 0 aromatic carbocycles. The van der Waals surface area contributed by atoms with Crippen molar-refractivity contribution in [2.24, 2.45) is 5.92 Å². The molecule has 1 aliphatic rings. The van der Waals surface area contributed by atoms with Crippen LogP contribution in [0.15, 0.2) is 35.6 Å². The zero-order valence-corrected chi connectivity index (χ0v) is 24.9. The van der Waals surface area contributed by atoms with Crippen LogP contribution in [-0.4, -0.2) is 26.1 Å². The highest BCUT2D eigenvalue weighted by molar-refractivity contribution is 5.70. The van der Waals surface area contributed by atoms with E-state index in [4.69, 9.17) is 15.5 Å². The Morgan fingerprint density at radius 2 is 1.65 bits per heavy atom. The third kappa shape index (κ3) is 10.4. The maximum atomic E-state index is 12.1. The average molecular weight is 556 g/mol. The lowest BCUT2D eigenvalue weighted by molar-refractivity contribution is -0.264. The Morgan fingerprint density at radius 1 is 1.00 bits per heavy atom. The van der Waals surface area contributed by atoms with E-state index in [1.807, 2.05) is 4.57 Å². The summed E-state index contributed by atoms with van der Waals surface area (Å²) in [6.45, 7) is 11.3. The van der Waals surface area contributed by atoms with Crippen LogP contribution in [-0.2, 0) is 9.78 Å². The lowest BCUT2D eigenvalue weighted by Crippen LogP contribution is -2.14. The van der Waals surface area contributed by atoms with E-state index in [0.717, 1.165) is 37.9 Å². The van der Waals surface area contributed by atoms with Crippen LogP contribution in [0.25, 0.3) is 11.2 Å². The number of nitrogens with two attached hydrogens (primary N) is 1. The number of nitrogens with zero attached hydrogens (tertiary/aromatic N) is 3. The molecule has 2 atom stereocenters. The van der Waals surface area contributed by atoms with E-state index in [1.54, 1.807) is 6.33 Å². The normalized spacial score (nSPS) is 17.2. The van der Waals surface area contributed by atoms with Crippen LogP contribution in [0.5, 0.6) is 0 Å². The summed E-state index contributed by atoms with van der Waals surface area (Å²) in [5, 5.41) is 0. The summed E-state index contributed by atoms with van der Waals surface area (Å²) in [7, 11) is 0. The Labute approximate surface area is 240 Å². The number of hydrogen-bond donors (Lipinski definition) is 2. The molecule has 3 N–H and O–H groups in total. The molecule has 0 bridgehead atoms. The first-order chi connectivity index (χ1) is 19.5. The van der Waals surface area contributed by atoms with Gasteiger partial charge < -0.3 is 15.2 Å². The summed E-state index contributed by atoms with van der Waals surface area (Å²) >= 11 is 0. The molecule has 1 saturated carbocycles. The van der Waals surface area contributed by atoms with E-state index < -0.39 is 0 Å². The van der Waals surface area contributed by atoms with Crippen LogP contribution in [0.1, 0.15) is 135 Å². The molecule has 0 radical (unpaired) electrons. The predicted octanol–water partition coefficient (Wildman–Crippen LogP) is 8.32. The molecular formula is C32H53N5O3. The topological polar surface area (TPSA) is 108 Å². The number of aromatic amines is 1. The number of rotatable bonds is 22. The third-order valence-electron chi connectivity index (χ3n) is 8.29. The van der Waals surface area contributed by atoms with Crippen molar-refractivity contribution in [2.75, 3.05) is 12.3 Å². The summed E-state index contributed by atoms with van der Waals surface area (Å²) in [6, 6.07) is 0.141. The van der Waals surface area contributed by atoms with Gasteiger partial charge in [0.2, 0.25) is 5.95 Å². The van der Waals surface area contributed by atoms with Crippen LogP contribution in [0.2, 0.25) is 0 Å². The van der Waals surface area contributed by atoms with Crippen LogP contribution < -0.4 is 11.3 Å². The van der Waals surface area contributed by atoms with Crippen molar-refractivity contribution in [3.8, 4) is 0 Å². The van der Waals surface area contributed by atoms with E-state index in [0.29, 0.717) is 23.7 Å². The minimum atomic E-state index is -0.292. The van der Waals surface area contributed by atoms with Gasteiger partial charge in [-0.05, 0) is 38.0 Å². The molecule has 2 aromatic rings. The number of aromatic nitrogens is 4. The van der Waals surface area contributed by atoms with E-state index >= 15 is 0 Å². The minimum absolute atomic E-state index is 0.123. The lowest BCUT2D eigenvalue weighted by atomic mass is 9.95. The van der Waals surface area contributed by atoms with Crippen LogP contribution in [0.4, 0.5) is 5.95 Å². The van der Waals surface area contributed by atoms with Crippen LogP contribution >= 0.6 is 0 Å². The number of H-pyrrole nitrogens is 1. The number of nitrogens with one attached hydrogen (secondary N) is 1. The van der Waals surface area contributed by atoms with Crippen LogP contribution in [0, 0.1) is 5.92 Å². The number of nitrogen functional groups attached to an aromatic ring is 1. The van der Waals surface area contributed by atoms with Gasteiger partial charge in [-0.3, -0.25) is 9.78 Å². The van der Waals surface area contributed by atoms with Crippen molar-refractivity contribution in [2.45, 2.75) is 135 Å². The van der Waals surface area contributed by atoms with Gasteiger partial charge in [-0.25, -0.2) is 4.98 Å². The fraction of sp³-hybridized carbons (Fsp3) is 0.719. The zero-order chi connectivity index (χ0) is 28.6. The van der Waals surface area contributed by atoms with Crippen molar-refractivity contribution in [1.82, 2.24) is 19.5 Å². The number of unbranched alkanes of at least 4 members (excludes halogenated alkanes) is 13. The number of anilines is 1. The average Bonchev–Trinajstić information content (AvgIpc) is 3.51. The predicted molar refractivity (Wildman–Crippen MR) is 164 cm³/mol. The van der Waals surface area contributed by atoms with Gasteiger partial charge in [0.1, 0.15) is 5.76 Å². The Balaban J connectivity index is 1.15. The van der Waals surface area contributed by atoms with Gasteiger partial charge in [-0.1, -0.05) is 109 Å². The summed E-state index contributed by atoms with van der Waals surface area (Å²) < 4.78 is 1.98. The standard InChI is InChI=1S/C32H53N5O3/c1-4-5-6-7-12-15-18-23-39-40-25(2)19-16-13-10-8-9-11-14-17-20-27-21-22-28(26(27)3)37-24-34-29-30(37)35-32(33)36-31(29)38/h24,27-28H,2-23H2,1H3,(H3,33,35,36,38)/t27-,28+/m1/s1. The maximum Gasteiger partial charge on any atom is 0.280 e. The molecule has 1 aliphatic carbocycles. The molecule has 0 spiro atoms. The summed E-state index contributed by atoms with van der Waals surface area (Å²) in [5.41, 5.74) is 7.59. The molecule has 8 heteroatoms. The highest BCUT2D eigenvalue weighted by Gasteiger charge is 2.31. The fourth-order valence-corrected chi connectivity index (χ4v) is 5.88. The van der Waals surface area contributed by atoms with Crippen molar-refractivity contribution in [3.05, 3.63) is 41.2 Å². The summed E-state index contributed by atoms with van der Waals surface area (Å²) in [5.74, 6) is 1.41. The molecule has 0 saturated heterocycles. The molecule has 1 fully saturated rings. The van der Waals surface area contributed by atoms with Gasteiger partial charge in [0.25, 0.3) is 5.56 Å². The Hall–Kier alpha value is -2.61. The number of fused-ring (bicyclic) bond motifs is 1. The lowest BCUT2D eigenvalue weighted by Gasteiger charge is -2.17. The maximum absolute atomic E-state index is 12.1. The molecule has 40 heavy (non-hydrogen) atoms. The molecular weight excluding hydrogens is 502 g/mol. The second kappa shape index (κ2) is 17.9. The van der Waals surface area contributed by atoms with Gasteiger partial charge >= 0.3 is 0 Å². The number of hydrogen-bond acceptors (Lipinski definition) is 6. The van der Waals surface area contributed by atoms with E-state index in [9.17, 15) is 4.79 Å². The molecule has 0 unspecified atom stereocenters. The largest absolute Gasteiger partial charge is 0.369 e. The Morgan fingerprint density at radius 3 is 2.38 bits per heavy atom. The minimum Gasteiger partial charge on any atom is -0.369 e. The van der Waals surface area contributed by atoms with E-state index in [-0.39, 0.29) is 17.5 Å². The molecule has 224 valence electrons. The number of imidazole rings is 1. The van der Waals surface area contributed by atoms with Crippen LogP contribution in [0.3, 0.4) is 0 Å². The zero-order valence-electron chi connectivity index (χ0n) is 24.9. The fourth-order valence-electron chi connectivity index (χ4n) is 5.88. The third-order valence-corrected chi connectivity index (χ3v) is 8.29. The van der Waals surface area contributed by atoms with Gasteiger partial charge in [0.15, 0.2) is 11.2 Å². The molecule has 2 aromatic heterocycles. The second-order valence-corrected chi connectivity index (χ2v) is 11.6. The molecule has 2 heterocycles. The first-order valence-electron chi connectivity index (χ1n) is 15.9. The number of allylic oxidation sites excluding steroid dienone is 2. The van der Waals surface area contributed by atoms with Gasteiger partial charge in [0, 0.05) is 6.42 Å². The molecule has 3 rings (SSSR count). The molecule has 0 aliphatic heterocycles. The molecule has 0 amide bonds. The van der Waals surface area contributed by atoms with Gasteiger partial charge in [-0.2, -0.15) is 9.87 Å². The van der Waals surface area contributed by atoms with Crippen molar-refractivity contribution >= 4 is 17.1 Å². The molecule has 8 nitrogen and oxygen atoms in total. The highest BCUT2D eigenvalue weighted by atomic mass is 17.2.